The molecule has 2 aliphatic carbocycles. The highest BCUT2D eigenvalue weighted by Crippen LogP contribution is 2.66. The lowest BCUT2D eigenvalue weighted by Gasteiger charge is -2.62. The van der Waals surface area contributed by atoms with E-state index in [2.05, 4.69) is 0 Å². The Balaban J connectivity index is 1.67. The molecule has 0 aromatic heterocycles. The van der Waals surface area contributed by atoms with E-state index in [0.29, 0.717) is 11.1 Å². The number of halogens is 3. The molecule has 5 rings (SSSR count). The number of carbonyl (C=O) groups is 1. The van der Waals surface area contributed by atoms with E-state index in [1.54, 1.807) is 4.90 Å². The molecule has 1 saturated heterocycles. The van der Waals surface area contributed by atoms with Gasteiger partial charge in [0.25, 0.3) is 0 Å². The Bertz CT molecular complexity index is 887. The van der Waals surface area contributed by atoms with Gasteiger partial charge in [0.1, 0.15) is 5.75 Å². The zero-order valence-electron chi connectivity index (χ0n) is 14.9. The van der Waals surface area contributed by atoms with Gasteiger partial charge in [0.15, 0.2) is 23.4 Å². The number of phenols is 2. The Morgan fingerprint density at radius 2 is 2.00 bits per heavy atom. The van der Waals surface area contributed by atoms with E-state index in [1.807, 2.05) is 0 Å². The zero-order valence-corrected chi connectivity index (χ0v) is 14.9. The predicted octanol–water partition coefficient (Wildman–Crippen LogP) is 1.77. The third-order valence-electron chi connectivity index (χ3n) is 7.16. The largest absolute Gasteiger partial charge is 0.508 e. The van der Waals surface area contributed by atoms with E-state index in [1.165, 1.54) is 0 Å². The fourth-order valence-corrected chi connectivity index (χ4v) is 6.02. The van der Waals surface area contributed by atoms with Gasteiger partial charge in [-0.2, -0.15) is 13.2 Å². The number of carbonyl (C=O) groups excluding carboxylic acids is 1. The van der Waals surface area contributed by atoms with Crippen LogP contribution in [0.5, 0.6) is 17.2 Å². The van der Waals surface area contributed by atoms with Gasteiger partial charge in [-0.25, -0.2) is 0 Å². The van der Waals surface area contributed by atoms with Crippen molar-refractivity contribution in [1.29, 1.82) is 0 Å². The van der Waals surface area contributed by atoms with Crippen molar-refractivity contribution in [3.05, 3.63) is 17.2 Å². The topological polar surface area (TPSA) is 90.2 Å². The van der Waals surface area contributed by atoms with Crippen LogP contribution in [0, 0.1) is 0 Å². The summed E-state index contributed by atoms with van der Waals surface area (Å²) in [6, 6.07) is 0.462. The molecule has 2 aliphatic heterocycles. The summed E-state index contributed by atoms with van der Waals surface area (Å²) in [5, 5.41) is 32.5. The molecule has 0 radical (unpaired) electrons. The molecular weight excluding hydrogens is 379 g/mol. The van der Waals surface area contributed by atoms with Crippen LogP contribution in [-0.4, -0.2) is 63.0 Å². The summed E-state index contributed by atoms with van der Waals surface area (Å²) in [6.07, 6.45) is -5.78. The number of piperidine rings is 1. The standard InChI is InChI=1S/C19H20F3NO5/c20-19(21,22)4-6-23-5-3-17-14-9-7-13(23)18(17,27)2-1-10(24)16(17)28-15(14)12(26)8-11(9)25/h8,13,16,25-27H,1-7H2/t13-,16?,17+,18-/m1/s1. The minimum atomic E-state index is -4.31. The number of aliphatic hydroxyl groups is 1. The van der Waals surface area contributed by atoms with Crippen LogP contribution < -0.4 is 4.74 Å². The molecule has 152 valence electrons. The van der Waals surface area contributed by atoms with Gasteiger partial charge >= 0.3 is 6.18 Å². The van der Waals surface area contributed by atoms with Crippen LogP contribution in [-0.2, 0) is 16.6 Å². The van der Waals surface area contributed by atoms with Crippen molar-refractivity contribution >= 4 is 5.78 Å². The first kappa shape index (κ1) is 18.1. The fraction of sp³-hybridized carbons (Fsp3) is 0.632. The molecule has 0 amide bonds. The number of ether oxygens (including phenoxy) is 1. The third kappa shape index (κ3) is 2.03. The van der Waals surface area contributed by atoms with E-state index in [9.17, 15) is 33.3 Å². The van der Waals surface area contributed by atoms with E-state index in [4.69, 9.17) is 4.74 Å². The summed E-state index contributed by atoms with van der Waals surface area (Å²) < 4.78 is 44.2. The molecule has 1 aromatic carbocycles. The number of aromatic hydroxyl groups is 2. The molecular formula is C19H20F3NO5. The van der Waals surface area contributed by atoms with Crippen molar-refractivity contribution in [3.63, 3.8) is 0 Å². The van der Waals surface area contributed by atoms with Gasteiger partial charge in [0.05, 0.1) is 17.4 Å². The number of Topliss-reactive ketones (excluding diaryl/α,β-unsaturated/α-hetero) is 1. The Morgan fingerprint density at radius 1 is 1.25 bits per heavy atom. The molecule has 4 atom stereocenters. The number of nitrogens with zero attached hydrogens (tertiary/aromatic N) is 1. The molecule has 1 spiro atoms. The first-order chi connectivity index (χ1) is 13.1. The zero-order chi connectivity index (χ0) is 20.1. The maximum atomic E-state index is 12.8. The third-order valence-corrected chi connectivity index (χ3v) is 7.16. The van der Waals surface area contributed by atoms with Crippen molar-refractivity contribution in [3.8, 4) is 17.2 Å². The van der Waals surface area contributed by atoms with Gasteiger partial charge in [-0.1, -0.05) is 0 Å². The maximum absolute atomic E-state index is 12.8. The van der Waals surface area contributed by atoms with Gasteiger partial charge in [-0.3, -0.25) is 9.69 Å². The monoisotopic (exact) mass is 399 g/mol. The molecule has 4 aliphatic rings. The van der Waals surface area contributed by atoms with Gasteiger partial charge in [0.2, 0.25) is 0 Å². The number of benzene rings is 1. The molecule has 1 aromatic rings. The number of alkyl halides is 3. The molecule has 1 saturated carbocycles. The summed E-state index contributed by atoms with van der Waals surface area (Å²) in [5.41, 5.74) is -1.72. The lowest BCUT2D eigenvalue weighted by atomic mass is 9.49. The van der Waals surface area contributed by atoms with Crippen LogP contribution in [0.25, 0.3) is 0 Å². The number of ketones is 1. The van der Waals surface area contributed by atoms with Crippen molar-refractivity contribution < 1.29 is 38.0 Å². The minimum Gasteiger partial charge on any atom is -0.508 e. The van der Waals surface area contributed by atoms with E-state index in [0.717, 1.165) is 6.07 Å². The smallest absolute Gasteiger partial charge is 0.390 e. The van der Waals surface area contributed by atoms with Gasteiger partial charge in [-0.15, -0.1) is 0 Å². The summed E-state index contributed by atoms with van der Waals surface area (Å²) in [5.74, 6) is -0.584. The first-order valence-electron chi connectivity index (χ1n) is 9.39. The molecule has 2 heterocycles. The highest BCUT2D eigenvalue weighted by Gasteiger charge is 2.73. The van der Waals surface area contributed by atoms with E-state index >= 15 is 0 Å². The van der Waals surface area contributed by atoms with Crippen molar-refractivity contribution in [2.24, 2.45) is 0 Å². The molecule has 2 fully saturated rings. The first-order valence-corrected chi connectivity index (χ1v) is 9.39. The summed E-state index contributed by atoms with van der Waals surface area (Å²) in [6.45, 7) is 0.0125. The van der Waals surface area contributed by atoms with Gasteiger partial charge < -0.3 is 20.1 Å². The highest BCUT2D eigenvalue weighted by atomic mass is 19.4. The molecule has 9 heteroatoms. The number of rotatable bonds is 2. The van der Waals surface area contributed by atoms with E-state index in [-0.39, 0.29) is 61.8 Å². The summed E-state index contributed by atoms with van der Waals surface area (Å²) in [4.78, 5) is 14.3. The van der Waals surface area contributed by atoms with Crippen molar-refractivity contribution in [2.45, 2.75) is 61.4 Å². The average Bonchev–Trinajstić information content (AvgIpc) is 2.94. The second-order valence-corrected chi connectivity index (χ2v) is 8.33. The average molecular weight is 399 g/mol. The van der Waals surface area contributed by atoms with Crippen LogP contribution >= 0.6 is 0 Å². The summed E-state index contributed by atoms with van der Waals surface area (Å²) >= 11 is 0. The number of hydrogen-bond acceptors (Lipinski definition) is 6. The van der Waals surface area contributed by atoms with Crippen molar-refractivity contribution in [1.82, 2.24) is 4.90 Å². The van der Waals surface area contributed by atoms with Crippen LogP contribution in [0.1, 0.15) is 36.8 Å². The molecule has 6 nitrogen and oxygen atoms in total. The second kappa shape index (κ2) is 5.33. The van der Waals surface area contributed by atoms with Gasteiger partial charge in [-0.05, 0) is 25.8 Å². The molecule has 28 heavy (non-hydrogen) atoms. The molecule has 3 N–H and O–H groups in total. The quantitative estimate of drug-likeness (QED) is 0.703. The number of hydrogen-bond donors (Lipinski definition) is 3. The van der Waals surface area contributed by atoms with E-state index < -0.39 is 35.8 Å². The predicted molar refractivity (Wildman–Crippen MR) is 89.4 cm³/mol. The molecule has 1 unspecified atom stereocenters. The van der Waals surface area contributed by atoms with Crippen LogP contribution in [0.3, 0.4) is 0 Å². The fourth-order valence-electron chi connectivity index (χ4n) is 6.02. The normalized spacial score (nSPS) is 36.2. The number of likely N-dealkylation sites (tertiary alicyclic amines) is 1. The minimum absolute atomic E-state index is 0.0581. The summed E-state index contributed by atoms with van der Waals surface area (Å²) in [7, 11) is 0. The maximum Gasteiger partial charge on any atom is 0.390 e. The number of phenolic OH excluding ortho intramolecular Hbond substituents is 2. The van der Waals surface area contributed by atoms with Crippen LogP contribution in [0.2, 0.25) is 0 Å². The lowest BCUT2D eigenvalue weighted by Crippen LogP contribution is -2.76. The van der Waals surface area contributed by atoms with Crippen LogP contribution in [0.15, 0.2) is 6.07 Å². The van der Waals surface area contributed by atoms with Crippen LogP contribution in [0.4, 0.5) is 13.2 Å². The lowest BCUT2D eigenvalue weighted by molar-refractivity contribution is -0.194. The Labute approximate surface area is 158 Å². The Morgan fingerprint density at radius 3 is 2.71 bits per heavy atom. The Kier molecular flexibility index (Phi) is 3.43. The Hall–Kier alpha value is -2.00. The SMILES string of the molecule is O=C1CC[C@@]2(O)[C@H]3Cc4c(O)cc(O)c5c4[C@@]2(CCN3CCC(F)(F)F)C1O5. The molecule has 2 bridgehead atoms. The highest BCUT2D eigenvalue weighted by molar-refractivity contribution is 5.90. The van der Waals surface area contributed by atoms with Gasteiger partial charge in [0, 0.05) is 36.2 Å². The van der Waals surface area contributed by atoms with Crippen molar-refractivity contribution in [2.75, 3.05) is 13.1 Å². The second-order valence-electron chi connectivity index (χ2n) is 8.33.